The molecule has 0 heterocycles. The quantitative estimate of drug-likeness (QED) is 0.312. The van der Waals surface area contributed by atoms with Crippen LogP contribution >= 0.6 is 0 Å². The maximum Gasteiger partial charge on any atom is 0.272 e. The van der Waals surface area contributed by atoms with Crippen LogP contribution < -0.4 is 4.90 Å². The first-order chi connectivity index (χ1) is 14.7. The molecule has 0 saturated heterocycles. The molecule has 0 amide bonds. The lowest BCUT2D eigenvalue weighted by atomic mass is 9.93. The van der Waals surface area contributed by atoms with Gasteiger partial charge in [-0.1, -0.05) is 67.8 Å². The first kappa shape index (κ1) is 22.4. The van der Waals surface area contributed by atoms with Gasteiger partial charge >= 0.3 is 0 Å². The van der Waals surface area contributed by atoms with Crippen LogP contribution in [0.3, 0.4) is 0 Å². The van der Waals surface area contributed by atoms with Gasteiger partial charge in [-0.25, -0.2) is 8.78 Å². The highest BCUT2D eigenvalue weighted by atomic mass is 19.3. The highest BCUT2D eigenvalue weighted by molar-refractivity contribution is 5.95. The molecule has 0 bridgehead atoms. The summed E-state index contributed by atoms with van der Waals surface area (Å²) in [6.45, 7) is 14.4. The van der Waals surface area contributed by atoms with Crippen molar-refractivity contribution in [1.82, 2.24) is 0 Å². The van der Waals surface area contributed by atoms with E-state index in [0.717, 1.165) is 39.9 Å². The number of hydrogen-bond donors (Lipinski definition) is 1. The zero-order chi connectivity index (χ0) is 22.8. The summed E-state index contributed by atoms with van der Waals surface area (Å²) < 4.78 is 28.9. The zero-order valence-corrected chi connectivity index (χ0v) is 17.9. The van der Waals surface area contributed by atoms with Crippen LogP contribution in [0.15, 0.2) is 74.3 Å². The van der Waals surface area contributed by atoms with Crippen molar-refractivity contribution < 1.29 is 13.9 Å². The Morgan fingerprint density at radius 2 is 1.71 bits per heavy atom. The van der Waals surface area contributed by atoms with Crippen molar-refractivity contribution in [3.05, 3.63) is 102 Å². The topological polar surface area (TPSA) is 23.5 Å². The fourth-order valence-corrected chi connectivity index (χ4v) is 3.93. The number of nitrogens with zero attached hydrogens (tertiary/aromatic N) is 1. The average Bonchev–Trinajstić information content (AvgIpc) is 2.75. The van der Waals surface area contributed by atoms with Gasteiger partial charge in [0.1, 0.15) is 6.23 Å². The van der Waals surface area contributed by atoms with E-state index in [1.165, 1.54) is 17.0 Å². The Hall–Kier alpha value is -3.24. The third kappa shape index (κ3) is 4.44. The lowest BCUT2D eigenvalue weighted by Gasteiger charge is -2.32. The van der Waals surface area contributed by atoms with E-state index in [2.05, 4.69) is 19.7 Å². The maximum absolute atomic E-state index is 14.5. The Kier molecular flexibility index (Phi) is 6.42. The van der Waals surface area contributed by atoms with Gasteiger partial charge in [-0.05, 0) is 58.7 Å². The predicted molar refractivity (Wildman–Crippen MR) is 127 cm³/mol. The molecular weight excluding hydrogens is 392 g/mol. The molecule has 0 aliphatic rings. The van der Waals surface area contributed by atoms with Crippen LogP contribution in [-0.4, -0.2) is 11.3 Å². The van der Waals surface area contributed by atoms with Crippen molar-refractivity contribution >= 4 is 28.6 Å². The van der Waals surface area contributed by atoms with Gasteiger partial charge in [0.2, 0.25) is 0 Å². The Bertz CT molecular complexity index is 1140. The third-order valence-corrected chi connectivity index (χ3v) is 5.43. The second-order valence-corrected chi connectivity index (χ2v) is 7.68. The van der Waals surface area contributed by atoms with E-state index in [0.29, 0.717) is 0 Å². The van der Waals surface area contributed by atoms with Gasteiger partial charge in [0, 0.05) is 24.7 Å². The van der Waals surface area contributed by atoms with Gasteiger partial charge < -0.3 is 10.0 Å². The van der Waals surface area contributed by atoms with Crippen LogP contribution in [0.2, 0.25) is 0 Å². The van der Waals surface area contributed by atoms with Gasteiger partial charge in [0.25, 0.3) is 5.92 Å². The van der Waals surface area contributed by atoms with E-state index in [-0.39, 0.29) is 17.8 Å². The normalized spacial score (nSPS) is 12.4. The molecule has 3 rings (SSSR count). The molecule has 0 saturated carbocycles. The molecule has 0 spiro atoms. The molecule has 3 aromatic carbocycles. The smallest absolute Gasteiger partial charge is 0.272 e. The van der Waals surface area contributed by atoms with E-state index in [9.17, 15) is 13.9 Å². The molecule has 0 fully saturated rings. The van der Waals surface area contributed by atoms with Gasteiger partial charge in [0.05, 0.1) is 0 Å². The Morgan fingerprint density at radius 1 is 1.03 bits per heavy atom. The monoisotopic (exact) mass is 419 g/mol. The summed E-state index contributed by atoms with van der Waals surface area (Å²) in [6.07, 6.45) is 3.69. The number of aliphatic hydroxyl groups is 1. The van der Waals surface area contributed by atoms with Crippen molar-refractivity contribution in [2.45, 2.75) is 32.5 Å². The van der Waals surface area contributed by atoms with E-state index >= 15 is 0 Å². The largest absolute Gasteiger partial charge is 0.370 e. The summed E-state index contributed by atoms with van der Waals surface area (Å²) >= 11 is 0. The van der Waals surface area contributed by atoms with E-state index < -0.39 is 12.2 Å². The number of benzene rings is 3. The molecule has 31 heavy (non-hydrogen) atoms. The molecule has 1 atom stereocenters. The fourth-order valence-electron chi connectivity index (χ4n) is 3.93. The molecule has 2 nitrogen and oxygen atoms in total. The Morgan fingerprint density at radius 3 is 2.32 bits per heavy atom. The summed E-state index contributed by atoms with van der Waals surface area (Å²) in [7, 11) is 0. The van der Waals surface area contributed by atoms with Crippen molar-refractivity contribution in [1.29, 1.82) is 0 Å². The maximum atomic E-state index is 14.5. The van der Waals surface area contributed by atoms with Crippen LogP contribution in [0.25, 0.3) is 22.9 Å². The Balaban J connectivity index is 2.23. The molecule has 0 aliphatic carbocycles. The summed E-state index contributed by atoms with van der Waals surface area (Å²) in [5, 5.41) is 12.7. The number of fused-ring (bicyclic) bond motifs is 1. The number of aryl methyl sites for hydroxylation is 1. The standard InChI is InChI=1S/C27H27F2NO/c1-6-21-20(16-19-11-9-10-12-23(19)22(21)7-2)17-30(26(31)8-3)25-14-13-18(4)15-24(25)27(5,28)29/h6-16,26,31H,1-3,17H2,4-5H3. The second-order valence-electron chi connectivity index (χ2n) is 7.68. The molecular formula is C27H27F2NO. The first-order valence-corrected chi connectivity index (χ1v) is 10.1. The minimum Gasteiger partial charge on any atom is -0.370 e. The molecule has 4 heteroatoms. The highest BCUT2D eigenvalue weighted by Crippen LogP contribution is 2.38. The number of alkyl halides is 2. The summed E-state index contributed by atoms with van der Waals surface area (Å²) in [4.78, 5) is 1.53. The summed E-state index contributed by atoms with van der Waals surface area (Å²) in [5.41, 5.74) is 3.45. The molecule has 1 N–H and O–H groups in total. The van der Waals surface area contributed by atoms with Crippen LogP contribution in [-0.2, 0) is 12.5 Å². The number of halogens is 2. The lowest BCUT2D eigenvalue weighted by Crippen LogP contribution is -2.35. The SMILES string of the molecule is C=Cc1c(CN(c2ccc(C)cc2C(C)(F)F)C(O)C=C)cc2ccccc2c1C=C. The lowest BCUT2D eigenvalue weighted by molar-refractivity contribution is 0.0176. The van der Waals surface area contributed by atoms with Crippen molar-refractivity contribution in [3.63, 3.8) is 0 Å². The first-order valence-electron chi connectivity index (χ1n) is 10.1. The summed E-state index contributed by atoms with van der Waals surface area (Å²) in [6, 6.07) is 14.7. The van der Waals surface area contributed by atoms with Gasteiger partial charge in [-0.2, -0.15) is 0 Å². The van der Waals surface area contributed by atoms with E-state index in [1.807, 2.05) is 30.3 Å². The van der Waals surface area contributed by atoms with Crippen LogP contribution in [0.4, 0.5) is 14.5 Å². The number of hydrogen-bond acceptors (Lipinski definition) is 2. The second kappa shape index (κ2) is 8.86. The highest BCUT2D eigenvalue weighted by Gasteiger charge is 2.31. The van der Waals surface area contributed by atoms with Gasteiger partial charge in [-0.3, -0.25) is 0 Å². The molecule has 3 aromatic rings. The Labute approximate surface area is 182 Å². The van der Waals surface area contributed by atoms with Crippen LogP contribution in [0.5, 0.6) is 0 Å². The molecule has 160 valence electrons. The van der Waals surface area contributed by atoms with Crippen molar-refractivity contribution in [2.75, 3.05) is 4.90 Å². The summed E-state index contributed by atoms with van der Waals surface area (Å²) in [5.74, 6) is -3.07. The molecule has 0 aromatic heterocycles. The van der Waals surface area contributed by atoms with Crippen LogP contribution in [0, 0.1) is 6.92 Å². The zero-order valence-electron chi connectivity index (χ0n) is 17.9. The predicted octanol–water partition coefficient (Wildman–Crippen LogP) is 7.06. The fraction of sp³-hybridized carbons (Fsp3) is 0.185. The number of anilines is 1. The average molecular weight is 420 g/mol. The van der Waals surface area contributed by atoms with Gasteiger partial charge in [-0.15, -0.1) is 0 Å². The van der Waals surface area contributed by atoms with E-state index in [4.69, 9.17) is 0 Å². The molecule has 0 radical (unpaired) electrons. The minimum atomic E-state index is -3.07. The van der Waals surface area contributed by atoms with Crippen molar-refractivity contribution in [2.24, 2.45) is 0 Å². The van der Waals surface area contributed by atoms with Crippen LogP contribution in [0.1, 0.15) is 34.7 Å². The molecule has 0 aliphatic heterocycles. The molecule has 1 unspecified atom stereocenters. The minimum absolute atomic E-state index is 0.140. The van der Waals surface area contributed by atoms with Crippen molar-refractivity contribution in [3.8, 4) is 0 Å². The van der Waals surface area contributed by atoms with E-state index in [1.54, 1.807) is 31.2 Å². The third-order valence-electron chi connectivity index (χ3n) is 5.43. The number of rotatable bonds is 8. The number of aliphatic hydroxyl groups excluding tert-OH is 1. The van der Waals surface area contributed by atoms with Gasteiger partial charge in [0.15, 0.2) is 0 Å².